The van der Waals surface area contributed by atoms with Gasteiger partial charge in [0.2, 0.25) is 0 Å². The molecular weight excluding hydrogens is 338 g/mol. The van der Waals surface area contributed by atoms with Crippen LogP contribution in [0.15, 0.2) is 29.2 Å². The molecule has 0 aromatic heterocycles. The Hall–Kier alpha value is -1.33. The maximum absolute atomic E-state index is 12.8. The molecule has 2 aliphatic rings. The highest BCUT2D eigenvalue weighted by atomic mass is 32.2. The van der Waals surface area contributed by atoms with Crippen molar-refractivity contribution in [3.05, 3.63) is 34.7 Å². The van der Waals surface area contributed by atoms with Crippen LogP contribution in [0.1, 0.15) is 51.5 Å². The minimum atomic E-state index is 0.0689. The van der Waals surface area contributed by atoms with E-state index >= 15 is 0 Å². The summed E-state index contributed by atoms with van der Waals surface area (Å²) in [4.78, 5) is 15.3. The summed E-state index contributed by atoms with van der Waals surface area (Å²) < 4.78 is 6.36. The number of thioether (sulfide) groups is 1. The SMILES string of the molecule is CC(C)Oc1ccc(/C=C2/SC(=S)N(C3CCCCC3)C2=O)cc1. The van der Waals surface area contributed by atoms with Crippen LogP contribution in [-0.2, 0) is 4.79 Å². The summed E-state index contributed by atoms with van der Waals surface area (Å²) in [6, 6.07) is 8.12. The molecule has 1 aromatic rings. The molecule has 24 heavy (non-hydrogen) atoms. The molecule has 3 rings (SSSR count). The van der Waals surface area contributed by atoms with Gasteiger partial charge < -0.3 is 4.74 Å². The van der Waals surface area contributed by atoms with Crippen molar-refractivity contribution < 1.29 is 9.53 Å². The van der Waals surface area contributed by atoms with E-state index in [1.807, 2.05) is 49.1 Å². The molecule has 0 unspecified atom stereocenters. The third kappa shape index (κ3) is 4.01. The lowest BCUT2D eigenvalue weighted by Gasteiger charge is -2.29. The van der Waals surface area contributed by atoms with E-state index in [0.29, 0.717) is 10.4 Å². The summed E-state index contributed by atoms with van der Waals surface area (Å²) in [5, 5.41) is 0. The minimum Gasteiger partial charge on any atom is -0.491 e. The number of carbonyl (C=O) groups excluding carboxylic acids is 1. The molecule has 3 nitrogen and oxygen atoms in total. The second-order valence-electron chi connectivity index (χ2n) is 6.58. The Kier molecular flexibility index (Phi) is 5.61. The van der Waals surface area contributed by atoms with E-state index in [0.717, 1.165) is 29.1 Å². The van der Waals surface area contributed by atoms with Crippen LogP contribution in [-0.4, -0.2) is 27.3 Å². The third-order valence-corrected chi connectivity index (χ3v) is 5.64. The first-order valence-electron chi connectivity index (χ1n) is 8.58. The van der Waals surface area contributed by atoms with E-state index in [4.69, 9.17) is 17.0 Å². The molecule has 1 aromatic carbocycles. The van der Waals surface area contributed by atoms with E-state index in [2.05, 4.69) is 0 Å². The first-order valence-corrected chi connectivity index (χ1v) is 9.81. The molecule has 0 atom stereocenters. The third-order valence-electron chi connectivity index (χ3n) is 4.31. The molecule has 1 aliphatic heterocycles. The van der Waals surface area contributed by atoms with Crippen molar-refractivity contribution in [2.45, 2.75) is 58.1 Å². The number of hydrogen-bond donors (Lipinski definition) is 0. The van der Waals surface area contributed by atoms with Crippen LogP contribution in [0.5, 0.6) is 5.75 Å². The van der Waals surface area contributed by atoms with Gasteiger partial charge in [0.05, 0.1) is 11.0 Å². The van der Waals surface area contributed by atoms with Gasteiger partial charge in [0.15, 0.2) is 0 Å². The maximum Gasteiger partial charge on any atom is 0.266 e. The van der Waals surface area contributed by atoms with Crippen molar-refractivity contribution in [1.82, 2.24) is 4.90 Å². The topological polar surface area (TPSA) is 29.5 Å². The van der Waals surface area contributed by atoms with Crippen molar-refractivity contribution >= 4 is 40.3 Å². The second kappa shape index (κ2) is 7.70. The molecule has 0 N–H and O–H groups in total. The Labute approximate surface area is 153 Å². The second-order valence-corrected chi connectivity index (χ2v) is 8.25. The lowest BCUT2D eigenvalue weighted by molar-refractivity contribution is -0.124. The normalized spacial score (nSPS) is 21.1. The fourth-order valence-corrected chi connectivity index (χ4v) is 4.60. The number of carbonyl (C=O) groups is 1. The molecule has 0 bridgehead atoms. The van der Waals surface area contributed by atoms with Gasteiger partial charge in [-0.05, 0) is 50.5 Å². The van der Waals surface area contributed by atoms with Gasteiger partial charge in [-0.15, -0.1) is 0 Å². The molecule has 1 heterocycles. The van der Waals surface area contributed by atoms with Crippen LogP contribution < -0.4 is 4.74 Å². The number of hydrogen-bond acceptors (Lipinski definition) is 4. The summed E-state index contributed by atoms with van der Waals surface area (Å²) >= 11 is 6.89. The molecule has 1 saturated carbocycles. The zero-order valence-electron chi connectivity index (χ0n) is 14.2. The van der Waals surface area contributed by atoms with E-state index in [-0.39, 0.29) is 12.0 Å². The number of benzene rings is 1. The molecule has 0 radical (unpaired) electrons. The highest BCUT2D eigenvalue weighted by Gasteiger charge is 2.37. The highest BCUT2D eigenvalue weighted by Crippen LogP contribution is 2.37. The van der Waals surface area contributed by atoms with E-state index in [9.17, 15) is 4.79 Å². The first kappa shape index (κ1) is 17.5. The molecule has 1 amide bonds. The summed E-state index contributed by atoms with van der Waals surface area (Å²) in [6.07, 6.45) is 7.88. The van der Waals surface area contributed by atoms with Crippen LogP contribution in [0, 0.1) is 0 Å². The Morgan fingerprint density at radius 1 is 1.21 bits per heavy atom. The molecular formula is C19H23NO2S2. The minimum absolute atomic E-state index is 0.0689. The summed E-state index contributed by atoms with van der Waals surface area (Å²) in [5.41, 5.74) is 0.996. The molecule has 128 valence electrons. The van der Waals surface area contributed by atoms with Gasteiger partial charge in [0.25, 0.3) is 5.91 Å². The highest BCUT2D eigenvalue weighted by molar-refractivity contribution is 8.26. The van der Waals surface area contributed by atoms with Crippen LogP contribution >= 0.6 is 24.0 Å². The zero-order valence-corrected chi connectivity index (χ0v) is 15.8. The summed E-state index contributed by atoms with van der Waals surface area (Å²) in [7, 11) is 0. The van der Waals surface area contributed by atoms with Gasteiger partial charge in [-0.3, -0.25) is 9.69 Å². The van der Waals surface area contributed by atoms with E-state index in [1.165, 1.54) is 31.0 Å². The lowest BCUT2D eigenvalue weighted by atomic mass is 9.94. The Morgan fingerprint density at radius 3 is 2.50 bits per heavy atom. The van der Waals surface area contributed by atoms with Crippen molar-refractivity contribution in [3.8, 4) is 5.75 Å². The number of rotatable bonds is 4. The van der Waals surface area contributed by atoms with Crippen LogP contribution in [0.4, 0.5) is 0 Å². The fourth-order valence-electron chi connectivity index (χ4n) is 3.20. The Morgan fingerprint density at radius 2 is 1.88 bits per heavy atom. The van der Waals surface area contributed by atoms with Crippen molar-refractivity contribution in [2.24, 2.45) is 0 Å². The smallest absolute Gasteiger partial charge is 0.266 e. The van der Waals surface area contributed by atoms with Gasteiger partial charge in [-0.2, -0.15) is 0 Å². The van der Waals surface area contributed by atoms with Crippen LogP contribution in [0.2, 0.25) is 0 Å². The number of ether oxygens (including phenoxy) is 1. The number of thiocarbonyl (C=S) groups is 1. The summed E-state index contributed by atoms with van der Waals surface area (Å²) in [5.74, 6) is 0.913. The monoisotopic (exact) mass is 361 g/mol. The summed E-state index contributed by atoms with van der Waals surface area (Å²) in [6.45, 7) is 4.01. The average molecular weight is 362 g/mol. The van der Waals surface area contributed by atoms with Crippen molar-refractivity contribution in [3.63, 3.8) is 0 Å². The van der Waals surface area contributed by atoms with Crippen molar-refractivity contribution in [2.75, 3.05) is 0 Å². The van der Waals surface area contributed by atoms with Gasteiger partial charge >= 0.3 is 0 Å². The van der Waals surface area contributed by atoms with Crippen LogP contribution in [0.3, 0.4) is 0 Å². The quantitative estimate of drug-likeness (QED) is 0.557. The van der Waals surface area contributed by atoms with Gasteiger partial charge in [-0.25, -0.2) is 0 Å². The number of amides is 1. The van der Waals surface area contributed by atoms with Gasteiger partial charge in [0.1, 0.15) is 10.1 Å². The largest absolute Gasteiger partial charge is 0.491 e. The molecule has 1 saturated heterocycles. The predicted molar refractivity (Wildman–Crippen MR) is 104 cm³/mol. The van der Waals surface area contributed by atoms with Gasteiger partial charge in [0, 0.05) is 6.04 Å². The molecule has 2 fully saturated rings. The Bertz CT molecular complexity index is 646. The van der Waals surface area contributed by atoms with Crippen LogP contribution in [0.25, 0.3) is 6.08 Å². The standard InChI is InChI=1S/C19H23NO2S2/c1-13(2)22-16-10-8-14(9-11-16)12-17-18(21)20(19(23)24-17)15-6-4-3-5-7-15/h8-13,15H,3-7H2,1-2H3/b17-12+. The molecule has 5 heteroatoms. The molecule has 1 aliphatic carbocycles. The number of nitrogens with zero attached hydrogens (tertiary/aromatic N) is 1. The fraction of sp³-hybridized carbons (Fsp3) is 0.474. The van der Waals surface area contributed by atoms with E-state index in [1.54, 1.807) is 0 Å². The average Bonchev–Trinajstić information content (AvgIpc) is 2.83. The van der Waals surface area contributed by atoms with Gasteiger partial charge in [-0.1, -0.05) is 55.4 Å². The molecule has 0 spiro atoms. The van der Waals surface area contributed by atoms with Crippen molar-refractivity contribution in [1.29, 1.82) is 0 Å². The zero-order chi connectivity index (χ0) is 17.1. The maximum atomic E-state index is 12.8. The lowest BCUT2D eigenvalue weighted by Crippen LogP contribution is -2.39. The predicted octanol–water partition coefficient (Wildman–Crippen LogP) is 5.01. The van der Waals surface area contributed by atoms with E-state index < -0.39 is 0 Å². The first-order chi connectivity index (χ1) is 11.5. The Balaban J connectivity index is 1.73.